The fourth-order valence-corrected chi connectivity index (χ4v) is 5.02. The predicted octanol–water partition coefficient (Wildman–Crippen LogP) is 5.63. The quantitative estimate of drug-likeness (QED) is 0.638. The van der Waals surface area contributed by atoms with Gasteiger partial charge in [-0.2, -0.15) is 0 Å². The highest BCUT2D eigenvalue weighted by Gasteiger charge is 2.64. The van der Waals surface area contributed by atoms with Crippen molar-refractivity contribution in [3.63, 3.8) is 0 Å². The van der Waals surface area contributed by atoms with E-state index >= 15 is 0 Å². The van der Waals surface area contributed by atoms with Crippen LogP contribution in [0.1, 0.15) is 38.9 Å². The van der Waals surface area contributed by atoms with Gasteiger partial charge in [-0.25, -0.2) is 0 Å². The van der Waals surface area contributed by atoms with Crippen molar-refractivity contribution in [1.29, 1.82) is 0 Å². The lowest BCUT2D eigenvalue weighted by Gasteiger charge is -2.53. The molecule has 3 atom stereocenters. The predicted molar refractivity (Wildman–Crippen MR) is 109 cm³/mol. The van der Waals surface area contributed by atoms with Gasteiger partial charge in [0.25, 0.3) is 5.97 Å². The first kappa shape index (κ1) is 18.9. The zero-order valence-electron chi connectivity index (χ0n) is 17.2. The molecule has 2 aromatic carbocycles. The molecule has 2 aromatic rings. The van der Waals surface area contributed by atoms with Gasteiger partial charge in [-0.05, 0) is 59.1 Å². The van der Waals surface area contributed by atoms with E-state index < -0.39 is 14.3 Å². The monoisotopic (exact) mass is 386 g/mol. The molecule has 0 radical (unpaired) electrons. The third-order valence-corrected chi connectivity index (χ3v) is 10.9. The van der Waals surface area contributed by atoms with E-state index in [0.717, 1.165) is 12.2 Å². The zero-order chi connectivity index (χ0) is 19.4. The standard InChI is InChI=1S/C22H30O4Si/c1-21(2,3)27(5,6)26-22-19(11-12-24-22)20(25-22)17-8-7-16-14-18(23-4)10-9-15(16)13-17/h7-10,13-14,19-20H,11-12H2,1-6H3/t19-,20-,22-/m1/s1. The average molecular weight is 387 g/mol. The van der Waals surface area contributed by atoms with Gasteiger partial charge in [-0.3, -0.25) is 0 Å². The van der Waals surface area contributed by atoms with Gasteiger partial charge in [0.1, 0.15) is 5.75 Å². The van der Waals surface area contributed by atoms with Crippen molar-refractivity contribution >= 4 is 19.1 Å². The lowest BCUT2D eigenvalue weighted by molar-refractivity contribution is -0.446. The van der Waals surface area contributed by atoms with Gasteiger partial charge in [-0.15, -0.1) is 0 Å². The summed E-state index contributed by atoms with van der Waals surface area (Å²) >= 11 is 0. The Hall–Kier alpha value is -1.40. The molecule has 0 aromatic heterocycles. The number of rotatable bonds is 4. The van der Waals surface area contributed by atoms with E-state index in [1.54, 1.807) is 7.11 Å². The van der Waals surface area contributed by atoms with Crippen molar-refractivity contribution in [2.24, 2.45) is 5.92 Å². The Balaban J connectivity index is 1.58. The zero-order valence-corrected chi connectivity index (χ0v) is 18.2. The maximum atomic E-state index is 6.60. The number of benzene rings is 2. The molecule has 0 bridgehead atoms. The van der Waals surface area contributed by atoms with Gasteiger partial charge >= 0.3 is 0 Å². The molecule has 2 aliphatic heterocycles. The molecule has 0 aliphatic carbocycles. The number of methoxy groups -OCH3 is 1. The minimum absolute atomic E-state index is 0.0313. The highest BCUT2D eigenvalue weighted by molar-refractivity contribution is 6.74. The minimum Gasteiger partial charge on any atom is -0.497 e. The lowest BCUT2D eigenvalue weighted by atomic mass is 9.86. The Morgan fingerprint density at radius 3 is 2.48 bits per heavy atom. The number of hydrogen-bond acceptors (Lipinski definition) is 4. The lowest BCUT2D eigenvalue weighted by Crippen LogP contribution is -2.61. The van der Waals surface area contributed by atoms with Crippen molar-refractivity contribution in [3.8, 4) is 5.75 Å². The summed E-state index contributed by atoms with van der Waals surface area (Å²) in [7, 11) is -0.287. The summed E-state index contributed by atoms with van der Waals surface area (Å²) in [5, 5.41) is 2.48. The molecular formula is C22H30O4Si. The molecule has 2 saturated heterocycles. The number of ether oxygens (including phenoxy) is 3. The summed E-state index contributed by atoms with van der Waals surface area (Å²) in [6.45, 7) is 11.9. The second-order valence-electron chi connectivity index (χ2n) is 9.22. The second kappa shape index (κ2) is 6.31. The molecule has 146 valence electrons. The number of fused-ring (bicyclic) bond motifs is 2. The van der Waals surface area contributed by atoms with E-state index in [9.17, 15) is 0 Å². The van der Waals surface area contributed by atoms with Crippen LogP contribution in [0.4, 0.5) is 0 Å². The summed E-state index contributed by atoms with van der Waals surface area (Å²) < 4.78 is 24.3. The first-order valence-corrected chi connectivity index (χ1v) is 12.7. The van der Waals surface area contributed by atoms with Crippen LogP contribution in [-0.2, 0) is 13.9 Å². The fourth-order valence-electron chi connectivity index (χ4n) is 3.74. The molecule has 2 aliphatic rings. The smallest absolute Gasteiger partial charge is 0.280 e. The topological polar surface area (TPSA) is 36.9 Å². The second-order valence-corrected chi connectivity index (χ2v) is 13.9. The third-order valence-electron chi connectivity index (χ3n) is 6.45. The van der Waals surface area contributed by atoms with E-state index in [1.807, 2.05) is 6.07 Å². The molecule has 27 heavy (non-hydrogen) atoms. The normalized spacial score (nSPS) is 28.1. The Morgan fingerprint density at radius 1 is 1.07 bits per heavy atom. The van der Waals surface area contributed by atoms with Gasteiger partial charge < -0.3 is 18.6 Å². The molecule has 0 amide bonds. The maximum absolute atomic E-state index is 6.60. The van der Waals surface area contributed by atoms with Gasteiger partial charge in [0.05, 0.1) is 25.7 Å². The van der Waals surface area contributed by atoms with E-state index in [1.165, 1.54) is 16.3 Å². The molecule has 0 N–H and O–H groups in total. The summed E-state index contributed by atoms with van der Waals surface area (Å²) in [6, 6.07) is 12.7. The first-order chi connectivity index (χ1) is 12.7. The number of hydrogen-bond donors (Lipinski definition) is 0. The van der Waals surface area contributed by atoms with Crippen molar-refractivity contribution in [2.75, 3.05) is 13.7 Å². The molecule has 0 unspecified atom stereocenters. The Kier molecular flexibility index (Phi) is 4.42. The van der Waals surface area contributed by atoms with Crippen LogP contribution in [0.15, 0.2) is 36.4 Å². The van der Waals surface area contributed by atoms with Crippen LogP contribution in [0.2, 0.25) is 18.1 Å². The van der Waals surface area contributed by atoms with Crippen LogP contribution in [-0.4, -0.2) is 28.0 Å². The molecule has 2 fully saturated rings. The summed E-state index contributed by atoms with van der Waals surface area (Å²) in [5.74, 6) is 0.283. The van der Waals surface area contributed by atoms with Gasteiger partial charge in [0.15, 0.2) is 8.32 Å². The van der Waals surface area contributed by atoms with Crippen LogP contribution >= 0.6 is 0 Å². The largest absolute Gasteiger partial charge is 0.497 e. The van der Waals surface area contributed by atoms with Crippen LogP contribution in [0.25, 0.3) is 10.8 Å². The van der Waals surface area contributed by atoms with Crippen molar-refractivity contribution in [2.45, 2.75) is 57.4 Å². The molecule has 2 heterocycles. The van der Waals surface area contributed by atoms with Crippen LogP contribution in [0.3, 0.4) is 0 Å². The van der Waals surface area contributed by atoms with Crippen molar-refractivity contribution in [1.82, 2.24) is 0 Å². The minimum atomic E-state index is -1.98. The van der Waals surface area contributed by atoms with Crippen LogP contribution in [0.5, 0.6) is 5.75 Å². The van der Waals surface area contributed by atoms with Crippen molar-refractivity contribution in [3.05, 3.63) is 42.0 Å². The molecule has 4 nitrogen and oxygen atoms in total. The van der Waals surface area contributed by atoms with Gasteiger partial charge in [0.2, 0.25) is 0 Å². The molecule has 0 saturated carbocycles. The SMILES string of the molecule is COc1ccc2cc([C@H]3O[C@]4(O[Si](C)(C)C(C)(C)C)OCC[C@H]34)ccc2c1. The summed E-state index contributed by atoms with van der Waals surface area (Å²) in [6.07, 6.45) is 1.00. The van der Waals surface area contributed by atoms with Crippen LogP contribution < -0.4 is 4.74 Å². The third kappa shape index (κ3) is 3.11. The van der Waals surface area contributed by atoms with E-state index in [-0.39, 0.29) is 17.1 Å². The fraction of sp³-hybridized carbons (Fsp3) is 0.545. The van der Waals surface area contributed by atoms with E-state index in [4.69, 9.17) is 18.6 Å². The highest BCUT2D eigenvalue weighted by Crippen LogP contribution is 2.58. The van der Waals surface area contributed by atoms with E-state index in [0.29, 0.717) is 6.61 Å². The summed E-state index contributed by atoms with van der Waals surface area (Å²) in [4.78, 5) is 0. The molecule has 5 heteroatoms. The average Bonchev–Trinajstić information content (AvgIpc) is 2.90. The molecule has 0 spiro atoms. The van der Waals surface area contributed by atoms with E-state index in [2.05, 4.69) is 64.2 Å². The highest BCUT2D eigenvalue weighted by atomic mass is 28.4. The first-order valence-electron chi connectivity index (χ1n) is 9.75. The van der Waals surface area contributed by atoms with Gasteiger partial charge in [-0.1, -0.05) is 39.0 Å². The molecular weight excluding hydrogens is 356 g/mol. The maximum Gasteiger partial charge on any atom is 0.280 e. The molecule has 4 rings (SSSR count). The van der Waals surface area contributed by atoms with Crippen LogP contribution in [0, 0.1) is 5.92 Å². The summed E-state index contributed by atoms with van der Waals surface area (Å²) in [5.41, 5.74) is 1.19. The van der Waals surface area contributed by atoms with Gasteiger partial charge in [0, 0.05) is 0 Å². The Morgan fingerprint density at radius 2 is 1.78 bits per heavy atom. The van der Waals surface area contributed by atoms with Crippen molar-refractivity contribution < 1.29 is 18.6 Å². The Bertz CT molecular complexity index is 857. The Labute approximate surface area is 162 Å².